The lowest BCUT2D eigenvalue weighted by Gasteiger charge is -2.08. The molecule has 0 radical (unpaired) electrons. The Morgan fingerprint density at radius 1 is 1.19 bits per heavy atom. The van der Waals surface area contributed by atoms with Crippen molar-refractivity contribution in [2.24, 2.45) is 0 Å². The van der Waals surface area contributed by atoms with E-state index in [0.29, 0.717) is 6.04 Å². The van der Waals surface area contributed by atoms with E-state index in [0.717, 1.165) is 29.1 Å². The molecule has 1 aliphatic carbocycles. The van der Waals surface area contributed by atoms with Gasteiger partial charge in [0.25, 0.3) is 0 Å². The van der Waals surface area contributed by atoms with Crippen LogP contribution in [0.25, 0.3) is 16.9 Å². The molecule has 1 aliphatic rings. The molecule has 21 heavy (non-hydrogen) atoms. The first-order chi connectivity index (χ1) is 10.3. The number of nitrogens with one attached hydrogen (secondary N) is 1. The van der Waals surface area contributed by atoms with Gasteiger partial charge in [0, 0.05) is 18.3 Å². The topological polar surface area (TPSA) is 55.6 Å². The summed E-state index contributed by atoms with van der Waals surface area (Å²) in [6.07, 6.45) is 2.60. The number of hydrogen-bond acceptors (Lipinski definition) is 4. The maximum atomic E-state index is 4.68. The lowest BCUT2D eigenvalue weighted by Crippen LogP contribution is -2.16. The van der Waals surface area contributed by atoms with Gasteiger partial charge in [0.2, 0.25) is 0 Å². The van der Waals surface area contributed by atoms with E-state index < -0.39 is 0 Å². The summed E-state index contributed by atoms with van der Waals surface area (Å²) >= 11 is 0. The molecule has 1 fully saturated rings. The first-order valence-electron chi connectivity index (χ1n) is 7.32. The van der Waals surface area contributed by atoms with Crippen LogP contribution in [0.15, 0.2) is 36.4 Å². The lowest BCUT2D eigenvalue weighted by molar-refractivity contribution is 0.680. The molecule has 0 saturated heterocycles. The first kappa shape index (κ1) is 12.5. The van der Waals surface area contributed by atoms with Crippen LogP contribution in [-0.4, -0.2) is 26.0 Å². The Kier molecular flexibility index (Phi) is 2.93. The lowest BCUT2D eigenvalue weighted by atomic mass is 10.2. The van der Waals surface area contributed by atoms with Crippen molar-refractivity contribution in [3.05, 3.63) is 47.7 Å². The Hall–Kier alpha value is -2.27. The van der Waals surface area contributed by atoms with Crippen LogP contribution < -0.4 is 5.32 Å². The summed E-state index contributed by atoms with van der Waals surface area (Å²) in [5, 5.41) is 11.9. The fraction of sp³-hybridized carbons (Fsp3) is 0.312. The number of hydrogen-bond donors (Lipinski definition) is 1. The van der Waals surface area contributed by atoms with Gasteiger partial charge in [0.15, 0.2) is 5.82 Å². The SMILES string of the molecule is Cc1nc(-n2nnc3ccccc32)ccc1CNC1CC1. The number of nitrogens with zero attached hydrogens (tertiary/aromatic N) is 4. The molecule has 0 unspecified atom stereocenters. The van der Waals surface area contributed by atoms with Gasteiger partial charge in [-0.25, -0.2) is 4.98 Å². The number of fused-ring (bicyclic) bond motifs is 1. The zero-order valence-electron chi connectivity index (χ0n) is 12.0. The van der Waals surface area contributed by atoms with Crippen molar-refractivity contribution >= 4 is 11.0 Å². The summed E-state index contributed by atoms with van der Waals surface area (Å²) in [4.78, 5) is 4.68. The van der Waals surface area contributed by atoms with Gasteiger partial charge in [-0.1, -0.05) is 23.4 Å². The van der Waals surface area contributed by atoms with E-state index >= 15 is 0 Å². The van der Waals surface area contributed by atoms with Crippen molar-refractivity contribution in [2.75, 3.05) is 0 Å². The smallest absolute Gasteiger partial charge is 0.156 e. The predicted octanol–water partition coefficient (Wildman–Crippen LogP) is 2.38. The van der Waals surface area contributed by atoms with E-state index in [2.05, 4.69) is 26.7 Å². The largest absolute Gasteiger partial charge is 0.310 e. The third kappa shape index (κ3) is 2.40. The molecule has 5 nitrogen and oxygen atoms in total. The minimum atomic E-state index is 0.711. The van der Waals surface area contributed by atoms with E-state index in [1.165, 1.54) is 18.4 Å². The highest BCUT2D eigenvalue weighted by atomic mass is 15.4. The Morgan fingerprint density at radius 2 is 2.05 bits per heavy atom. The second-order valence-corrected chi connectivity index (χ2v) is 5.56. The highest BCUT2D eigenvalue weighted by Gasteiger charge is 2.20. The highest BCUT2D eigenvalue weighted by Crippen LogP contribution is 2.20. The molecule has 0 aliphatic heterocycles. The highest BCUT2D eigenvalue weighted by molar-refractivity contribution is 5.75. The summed E-state index contributed by atoms with van der Waals surface area (Å²) in [6.45, 7) is 2.94. The molecular formula is C16H17N5. The standard InChI is InChI=1S/C16H17N5/c1-11-12(10-17-13-7-8-13)6-9-16(18-11)21-15-5-3-2-4-14(15)19-20-21/h2-6,9,13,17H,7-8,10H2,1H3. The van der Waals surface area contributed by atoms with Gasteiger partial charge in [-0.3, -0.25) is 0 Å². The third-order valence-corrected chi connectivity index (χ3v) is 3.91. The van der Waals surface area contributed by atoms with Crippen molar-refractivity contribution < 1.29 is 0 Å². The van der Waals surface area contributed by atoms with Crippen molar-refractivity contribution in [1.82, 2.24) is 25.3 Å². The summed E-state index contributed by atoms with van der Waals surface area (Å²) < 4.78 is 1.79. The monoisotopic (exact) mass is 279 g/mol. The van der Waals surface area contributed by atoms with Crippen LogP contribution in [0.2, 0.25) is 0 Å². The number of para-hydroxylation sites is 1. The predicted molar refractivity (Wildman–Crippen MR) is 81.3 cm³/mol. The first-order valence-corrected chi connectivity index (χ1v) is 7.32. The van der Waals surface area contributed by atoms with E-state index in [1.54, 1.807) is 4.68 Å². The normalized spacial score (nSPS) is 14.7. The fourth-order valence-electron chi connectivity index (χ4n) is 2.46. The molecular weight excluding hydrogens is 262 g/mol. The average molecular weight is 279 g/mol. The quantitative estimate of drug-likeness (QED) is 0.796. The Morgan fingerprint density at radius 3 is 2.86 bits per heavy atom. The Bertz CT molecular complexity index is 788. The molecule has 4 rings (SSSR count). The van der Waals surface area contributed by atoms with Crippen LogP contribution in [0.4, 0.5) is 0 Å². The average Bonchev–Trinajstić information content (AvgIpc) is 3.23. The van der Waals surface area contributed by atoms with Gasteiger partial charge in [0.1, 0.15) is 5.52 Å². The van der Waals surface area contributed by atoms with Gasteiger partial charge < -0.3 is 5.32 Å². The molecule has 2 heterocycles. The zero-order chi connectivity index (χ0) is 14.2. The second-order valence-electron chi connectivity index (χ2n) is 5.56. The van der Waals surface area contributed by atoms with Crippen molar-refractivity contribution in [3.63, 3.8) is 0 Å². The Balaban J connectivity index is 1.67. The second kappa shape index (κ2) is 4.93. The minimum absolute atomic E-state index is 0.711. The van der Waals surface area contributed by atoms with Crippen LogP contribution in [0, 0.1) is 6.92 Å². The van der Waals surface area contributed by atoms with Crippen LogP contribution >= 0.6 is 0 Å². The van der Waals surface area contributed by atoms with Crippen LogP contribution in [0.3, 0.4) is 0 Å². The molecule has 3 aromatic rings. The van der Waals surface area contributed by atoms with Gasteiger partial charge in [-0.2, -0.15) is 4.68 Å². The van der Waals surface area contributed by atoms with Gasteiger partial charge in [-0.15, -0.1) is 5.10 Å². The van der Waals surface area contributed by atoms with Crippen molar-refractivity contribution in [2.45, 2.75) is 32.4 Å². The van der Waals surface area contributed by atoms with Crippen molar-refractivity contribution in [1.29, 1.82) is 0 Å². The van der Waals surface area contributed by atoms with Crippen LogP contribution in [-0.2, 0) is 6.54 Å². The Labute approximate surface area is 123 Å². The minimum Gasteiger partial charge on any atom is -0.310 e. The number of aryl methyl sites for hydroxylation is 1. The summed E-state index contributed by atoms with van der Waals surface area (Å²) in [7, 11) is 0. The molecule has 5 heteroatoms. The van der Waals surface area contributed by atoms with Gasteiger partial charge >= 0.3 is 0 Å². The van der Waals surface area contributed by atoms with Crippen LogP contribution in [0.5, 0.6) is 0 Å². The summed E-state index contributed by atoms with van der Waals surface area (Å²) in [5.41, 5.74) is 4.15. The molecule has 0 spiro atoms. The van der Waals surface area contributed by atoms with E-state index in [4.69, 9.17) is 0 Å². The summed E-state index contributed by atoms with van der Waals surface area (Å²) in [5.74, 6) is 0.816. The molecule has 0 amide bonds. The molecule has 2 aromatic heterocycles. The maximum absolute atomic E-state index is 4.68. The molecule has 0 atom stereocenters. The number of aromatic nitrogens is 4. The fourth-order valence-corrected chi connectivity index (χ4v) is 2.46. The van der Waals surface area contributed by atoms with Crippen LogP contribution in [0.1, 0.15) is 24.1 Å². The number of pyridine rings is 1. The molecule has 1 aromatic carbocycles. The number of rotatable bonds is 4. The third-order valence-electron chi connectivity index (χ3n) is 3.91. The van der Waals surface area contributed by atoms with E-state index in [-0.39, 0.29) is 0 Å². The zero-order valence-corrected chi connectivity index (χ0v) is 12.0. The molecule has 1 N–H and O–H groups in total. The van der Waals surface area contributed by atoms with Gasteiger partial charge in [0.05, 0.1) is 5.52 Å². The van der Waals surface area contributed by atoms with E-state index in [1.807, 2.05) is 37.3 Å². The maximum Gasteiger partial charge on any atom is 0.156 e. The molecule has 106 valence electrons. The summed E-state index contributed by atoms with van der Waals surface area (Å²) in [6, 6.07) is 12.8. The van der Waals surface area contributed by atoms with Gasteiger partial charge in [-0.05, 0) is 43.5 Å². The van der Waals surface area contributed by atoms with E-state index in [9.17, 15) is 0 Å². The molecule has 1 saturated carbocycles. The molecule has 0 bridgehead atoms. The number of benzene rings is 1. The van der Waals surface area contributed by atoms with Crippen molar-refractivity contribution in [3.8, 4) is 5.82 Å².